The summed E-state index contributed by atoms with van der Waals surface area (Å²) in [5, 5.41) is 16.9. The topological polar surface area (TPSA) is 114 Å². The number of amides is 1. The molecule has 4 aromatic rings. The molecule has 2 aromatic heterocycles. The Morgan fingerprint density at radius 1 is 0.857 bits per heavy atom. The maximum absolute atomic E-state index is 11.1. The van der Waals surface area contributed by atoms with Crippen LogP contribution in [0.25, 0.3) is 22.5 Å². The summed E-state index contributed by atoms with van der Waals surface area (Å²) < 4.78 is 15.1. The van der Waals surface area contributed by atoms with Crippen molar-refractivity contribution in [3.8, 4) is 22.5 Å². The zero-order valence-corrected chi connectivity index (χ0v) is 20.3. The van der Waals surface area contributed by atoms with Gasteiger partial charge in [-0.3, -0.25) is 0 Å². The first-order chi connectivity index (χ1) is 17.1. The molecule has 0 unspecified atom stereocenters. The molecule has 0 aliphatic carbocycles. The van der Waals surface area contributed by atoms with Crippen LogP contribution in [0.15, 0.2) is 81.8 Å². The van der Waals surface area contributed by atoms with Gasteiger partial charge >= 0.3 is 6.09 Å². The standard InChI is InChI=1S/C13H14N2O3.C12H13N3OS/c1-2-17-13(16)14-9-11-8-12(15-18-11)10-6-4-3-5-7-10;1-13-12(17)14-8-10-7-11(15-16-10)9-5-3-2-4-6-9/h3-8H,2,9H2,1H3,(H,14,16);2-7H,8H2,1H3,(H2,13,14,17). The third-order valence-electron chi connectivity index (χ3n) is 4.59. The van der Waals surface area contributed by atoms with E-state index in [1.807, 2.05) is 66.7 Å². The van der Waals surface area contributed by atoms with Crippen LogP contribution in [0, 0.1) is 0 Å². The average Bonchev–Trinajstić information content (AvgIpc) is 3.58. The summed E-state index contributed by atoms with van der Waals surface area (Å²) in [6.07, 6.45) is -0.463. The fourth-order valence-electron chi connectivity index (χ4n) is 2.88. The molecular weight excluding hydrogens is 466 g/mol. The smallest absolute Gasteiger partial charge is 0.407 e. The van der Waals surface area contributed by atoms with Crippen LogP contribution in [-0.4, -0.2) is 35.2 Å². The summed E-state index contributed by atoms with van der Waals surface area (Å²) in [6.45, 7) is 2.89. The minimum Gasteiger partial charge on any atom is -0.450 e. The fourth-order valence-corrected chi connectivity index (χ4v) is 2.95. The van der Waals surface area contributed by atoms with Gasteiger partial charge in [0.05, 0.1) is 19.7 Å². The van der Waals surface area contributed by atoms with E-state index < -0.39 is 6.09 Å². The Labute approximate surface area is 208 Å². The molecule has 2 aromatic carbocycles. The van der Waals surface area contributed by atoms with Gasteiger partial charge in [0.25, 0.3) is 0 Å². The third-order valence-corrected chi connectivity index (χ3v) is 4.94. The van der Waals surface area contributed by atoms with Gasteiger partial charge in [0.15, 0.2) is 16.6 Å². The lowest BCUT2D eigenvalue weighted by Crippen LogP contribution is -2.31. The molecule has 0 radical (unpaired) electrons. The van der Waals surface area contributed by atoms with E-state index in [1.165, 1.54) is 0 Å². The number of nitrogens with zero attached hydrogens (tertiary/aromatic N) is 2. The van der Waals surface area contributed by atoms with Crippen molar-refractivity contribution in [1.82, 2.24) is 26.3 Å². The third kappa shape index (κ3) is 8.27. The zero-order chi connectivity index (χ0) is 24.9. The second-order valence-electron chi connectivity index (χ2n) is 7.10. The first-order valence-electron chi connectivity index (χ1n) is 11.0. The Kier molecular flexibility index (Phi) is 9.82. The van der Waals surface area contributed by atoms with E-state index in [1.54, 1.807) is 20.0 Å². The maximum Gasteiger partial charge on any atom is 0.407 e. The Balaban J connectivity index is 0.000000196. The second kappa shape index (κ2) is 13.5. The van der Waals surface area contributed by atoms with Crippen LogP contribution in [0.5, 0.6) is 0 Å². The summed E-state index contributed by atoms with van der Waals surface area (Å²) in [5.74, 6) is 1.34. The van der Waals surface area contributed by atoms with Crippen LogP contribution in [0.2, 0.25) is 0 Å². The Morgan fingerprint density at radius 2 is 1.34 bits per heavy atom. The molecule has 0 saturated heterocycles. The highest BCUT2D eigenvalue weighted by molar-refractivity contribution is 7.80. The first kappa shape index (κ1) is 25.4. The minimum absolute atomic E-state index is 0.263. The largest absolute Gasteiger partial charge is 0.450 e. The Hall–Kier alpha value is -4.18. The molecule has 0 aliphatic rings. The molecule has 0 atom stereocenters. The average molecular weight is 494 g/mol. The zero-order valence-electron chi connectivity index (χ0n) is 19.5. The van der Waals surface area contributed by atoms with Gasteiger partial charge in [-0.05, 0) is 19.1 Å². The van der Waals surface area contributed by atoms with Crippen LogP contribution in [0.3, 0.4) is 0 Å². The summed E-state index contributed by atoms with van der Waals surface area (Å²) >= 11 is 4.97. The van der Waals surface area contributed by atoms with Gasteiger partial charge in [-0.1, -0.05) is 71.0 Å². The number of alkyl carbamates (subject to hydrolysis) is 1. The fraction of sp³-hybridized carbons (Fsp3) is 0.200. The van der Waals surface area contributed by atoms with E-state index in [9.17, 15) is 4.79 Å². The number of hydrogen-bond donors (Lipinski definition) is 3. The van der Waals surface area contributed by atoms with Crippen molar-refractivity contribution in [2.45, 2.75) is 20.0 Å². The van der Waals surface area contributed by atoms with E-state index in [0.29, 0.717) is 24.0 Å². The number of ether oxygens (including phenoxy) is 1. The highest BCUT2D eigenvalue weighted by Gasteiger charge is 2.08. The number of carbonyl (C=O) groups excluding carboxylic acids is 1. The monoisotopic (exact) mass is 493 g/mol. The lowest BCUT2D eigenvalue weighted by Gasteiger charge is -2.02. The lowest BCUT2D eigenvalue weighted by molar-refractivity contribution is 0.150. The van der Waals surface area contributed by atoms with Crippen LogP contribution in [0.1, 0.15) is 18.4 Å². The normalized spacial score (nSPS) is 10.0. The summed E-state index contributed by atoms with van der Waals surface area (Å²) in [7, 11) is 1.77. The molecule has 9 nitrogen and oxygen atoms in total. The highest BCUT2D eigenvalue weighted by Crippen LogP contribution is 2.19. The van der Waals surface area contributed by atoms with Crippen LogP contribution < -0.4 is 16.0 Å². The molecule has 4 rings (SSSR count). The quantitative estimate of drug-likeness (QED) is 0.320. The Morgan fingerprint density at radius 3 is 1.80 bits per heavy atom. The van der Waals surface area contributed by atoms with Crippen molar-refractivity contribution in [1.29, 1.82) is 0 Å². The SMILES string of the molecule is CCOC(=O)NCc1cc(-c2ccccc2)no1.CNC(=S)NCc1cc(-c2ccccc2)no1. The van der Waals surface area contributed by atoms with Crippen molar-refractivity contribution < 1.29 is 18.6 Å². The van der Waals surface area contributed by atoms with Gasteiger partial charge in [0.1, 0.15) is 11.4 Å². The molecule has 10 heteroatoms. The van der Waals surface area contributed by atoms with Crippen molar-refractivity contribution in [2.24, 2.45) is 0 Å². The van der Waals surface area contributed by atoms with E-state index in [-0.39, 0.29) is 6.54 Å². The molecule has 0 bridgehead atoms. The van der Waals surface area contributed by atoms with Gasteiger partial charge in [-0.25, -0.2) is 4.79 Å². The van der Waals surface area contributed by atoms with Gasteiger partial charge < -0.3 is 29.7 Å². The van der Waals surface area contributed by atoms with Crippen LogP contribution >= 0.6 is 12.2 Å². The lowest BCUT2D eigenvalue weighted by atomic mass is 10.1. The molecular formula is C25H27N5O4S. The van der Waals surface area contributed by atoms with Gasteiger partial charge in [-0.2, -0.15) is 0 Å². The summed E-state index contributed by atoms with van der Waals surface area (Å²) in [4.78, 5) is 11.1. The van der Waals surface area contributed by atoms with E-state index >= 15 is 0 Å². The summed E-state index contributed by atoms with van der Waals surface area (Å²) in [5.41, 5.74) is 3.59. The van der Waals surface area contributed by atoms with Gasteiger partial charge in [-0.15, -0.1) is 0 Å². The molecule has 2 heterocycles. The highest BCUT2D eigenvalue weighted by atomic mass is 32.1. The molecule has 0 fully saturated rings. The van der Waals surface area contributed by atoms with E-state index in [0.717, 1.165) is 28.3 Å². The number of thiocarbonyl (C=S) groups is 1. The molecule has 1 amide bonds. The first-order valence-corrected chi connectivity index (χ1v) is 11.4. The number of rotatable bonds is 7. The van der Waals surface area contributed by atoms with Crippen molar-refractivity contribution in [3.05, 3.63) is 84.3 Å². The number of benzene rings is 2. The molecule has 0 spiro atoms. The molecule has 0 aliphatic heterocycles. The van der Waals surface area contributed by atoms with E-state index in [2.05, 4.69) is 26.3 Å². The number of aromatic nitrogens is 2. The predicted octanol–water partition coefficient (Wildman–Crippen LogP) is 4.52. The van der Waals surface area contributed by atoms with Gasteiger partial charge in [0.2, 0.25) is 0 Å². The predicted molar refractivity (Wildman–Crippen MR) is 136 cm³/mol. The second-order valence-corrected chi connectivity index (χ2v) is 7.50. The van der Waals surface area contributed by atoms with Crippen LogP contribution in [-0.2, 0) is 17.8 Å². The van der Waals surface area contributed by atoms with E-state index in [4.69, 9.17) is 26.0 Å². The molecule has 3 N–H and O–H groups in total. The molecule has 35 heavy (non-hydrogen) atoms. The summed E-state index contributed by atoms with van der Waals surface area (Å²) in [6, 6.07) is 23.3. The number of nitrogens with one attached hydrogen (secondary N) is 3. The molecule has 0 saturated carbocycles. The maximum atomic E-state index is 11.1. The Bertz CT molecular complexity index is 1190. The van der Waals surface area contributed by atoms with Crippen molar-refractivity contribution >= 4 is 23.4 Å². The van der Waals surface area contributed by atoms with Crippen LogP contribution in [0.4, 0.5) is 4.79 Å². The number of carbonyl (C=O) groups is 1. The van der Waals surface area contributed by atoms with Crippen molar-refractivity contribution in [2.75, 3.05) is 13.7 Å². The van der Waals surface area contributed by atoms with Gasteiger partial charge in [0, 0.05) is 30.3 Å². The molecule has 182 valence electrons. The number of hydrogen-bond acceptors (Lipinski definition) is 7. The van der Waals surface area contributed by atoms with Crippen molar-refractivity contribution in [3.63, 3.8) is 0 Å². The minimum atomic E-state index is -0.463.